The summed E-state index contributed by atoms with van der Waals surface area (Å²) in [7, 11) is 0. The molecular weight excluding hydrogens is 337 g/mol. The van der Waals surface area contributed by atoms with Gasteiger partial charge in [0.15, 0.2) is 6.61 Å². The SMILES string of the molecule is O=C(COc1ccc(Cl)cc1Cl)NCC(O)Cc1ccccc1. The van der Waals surface area contributed by atoms with Gasteiger partial charge in [-0.15, -0.1) is 0 Å². The fourth-order valence-electron chi connectivity index (χ4n) is 1.98. The molecule has 2 aromatic carbocycles. The Bertz CT molecular complexity index is 650. The van der Waals surface area contributed by atoms with Crippen LogP contribution >= 0.6 is 23.2 Å². The highest BCUT2D eigenvalue weighted by Gasteiger charge is 2.10. The number of amides is 1. The molecule has 2 N–H and O–H groups in total. The molecule has 2 aromatic rings. The molecule has 0 heterocycles. The second-order valence-corrected chi connectivity index (χ2v) is 5.85. The van der Waals surface area contributed by atoms with Crippen molar-refractivity contribution in [1.29, 1.82) is 0 Å². The normalized spacial score (nSPS) is 11.8. The van der Waals surface area contributed by atoms with E-state index in [0.717, 1.165) is 5.56 Å². The van der Waals surface area contributed by atoms with Crippen molar-refractivity contribution in [2.45, 2.75) is 12.5 Å². The van der Waals surface area contributed by atoms with E-state index in [1.54, 1.807) is 18.2 Å². The van der Waals surface area contributed by atoms with E-state index in [1.807, 2.05) is 30.3 Å². The van der Waals surface area contributed by atoms with Crippen molar-refractivity contribution in [3.8, 4) is 5.75 Å². The van der Waals surface area contributed by atoms with Crippen LogP contribution in [0.1, 0.15) is 5.56 Å². The molecule has 0 fully saturated rings. The zero-order valence-electron chi connectivity index (χ0n) is 12.3. The summed E-state index contributed by atoms with van der Waals surface area (Å²) >= 11 is 11.7. The fourth-order valence-corrected chi connectivity index (χ4v) is 2.44. The lowest BCUT2D eigenvalue weighted by atomic mass is 10.1. The molecule has 122 valence electrons. The second-order valence-electron chi connectivity index (χ2n) is 5.01. The maximum atomic E-state index is 11.7. The Kier molecular flexibility index (Phi) is 6.71. The number of benzene rings is 2. The van der Waals surface area contributed by atoms with E-state index in [4.69, 9.17) is 27.9 Å². The van der Waals surface area contributed by atoms with Gasteiger partial charge in [-0.25, -0.2) is 0 Å². The van der Waals surface area contributed by atoms with Gasteiger partial charge >= 0.3 is 0 Å². The Morgan fingerprint density at radius 2 is 1.91 bits per heavy atom. The van der Waals surface area contributed by atoms with Crippen molar-refractivity contribution in [2.24, 2.45) is 0 Å². The van der Waals surface area contributed by atoms with Gasteiger partial charge in [0.05, 0.1) is 11.1 Å². The van der Waals surface area contributed by atoms with Gasteiger partial charge < -0.3 is 15.2 Å². The van der Waals surface area contributed by atoms with Crippen LogP contribution in [0.15, 0.2) is 48.5 Å². The van der Waals surface area contributed by atoms with Crippen LogP contribution in [0, 0.1) is 0 Å². The van der Waals surface area contributed by atoms with Gasteiger partial charge in [-0.3, -0.25) is 4.79 Å². The van der Waals surface area contributed by atoms with Gasteiger partial charge in [-0.2, -0.15) is 0 Å². The van der Waals surface area contributed by atoms with Gasteiger partial charge in [0.2, 0.25) is 0 Å². The molecule has 2 rings (SSSR count). The summed E-state index contributed by atoms with van der Waals surface area (Å²) in [5.41, 5.74) is 1.01. The van der Waals surface area contributed by atoms with Crippen molar-refractivity contribution < 1.29 is 14.6 Å². The first-order valence-corrected chi connectivity index (χ1v) is 7.86. The molecule has 0 saturated heterocycles. The number of hydrogen-bond donors (Lipinski definition) is 2. The Balaban J connectivity index is 1.72. The molecule has 0 aliphatic carbocycles. The smallest absolute Gasteiger partial charge is 0.258 e. The van der Waals surface area contributed by atoms with Crippen LogP contribution in [-0.4, -0.2) is 30.3 Å². The van der Waals surface area contributed by atoms with Gasteiger partial charge in [-0.05, 0) is 23.8 Å². The van der Waals surface area contributed by atoms with Crippen molar-refractivity contribution in [2.75, 3.05) is 13.2 Å². The molecule has 0 spiro atoms. The lowest BCUT2D eigenvalue weighted by Gasteiger charge is -2.13. The lowest BCUT2D eigenvalue weighted by Crippen LogP contribution is -2.36. The van der Waals surface area contributed by atoms with E-state index in [9.17, 15) is 9.90 Å². The number of aliphatic hydroxyl groups excluding tert-OH is 1. The third-order valence-electron chi connectivity index (χ3n) is 3.10. The number of aliphatic hydroxyl groups is 1. The minimum absolute atomic E-state index is 0.158. The monoisotopic (exact) mass is 353 g/mol. The molecule has 4 nitrogen and oxygen atoms in total. The highest BCUT2D eigenvalue weighted by Crippen LogP contribution is 2.27. The number of carbonyl (C=O) groups is 1. The first-order chi connectivity index (χ1) is 11.0. The maximum Gasteiger partial charge on any atom is 0.258 e. The molecule has 1 unspecified atom stereocenters. The Hall–Kier alpha value is -1.75. The predicted octanol–water partition coefficient (Wildman–Crippen LogP) is 3.09. The second kappa shape index (κ2) is 8.77. The third kappa shape index (κ3) is 6.10. The van der Waals surface area contributed by atoms with E-state index < -0.39 is 6.10 Å². The van der Waals surface area contributed by atoms with E-state index >= 15 is 0 Å². The number of rotatable bonds is 7. The summed E-state index contributed by atoms with van der Waals surface area (Å²) in [6, 6.07) is 14.4. The van der Waals surface area contributed by atoms with E-state index in [1.165, 1.54) is 0 Å². The lowest BCUT2D eigenvalue weighted by molar-refractivity contribution is -0.123. The molecule has 0 aliphatic heterocycles. The topological polar surface area (TPSA) is 58.6 Å². The minimum Gasteiger partial charge on any atom is -0.482 e. The summed E-state index contributed by atoms with van der Waals surface area (Å²) in [4.78, 5) is 11.7. The Morgan fingerprint density at radius 1 is 1.17 bits per heavy atom. The number of halogens is 2. The Labute approximate surface area is 145 Å². The standard InChI is InChI=1S/C17H17Cl2NO3/c18-13-6-7-16(15(19)9-13)23-11-17(22)20-10-14(21)8-12-4-2-1-3-5-12/h1-7,9,14,21H,8,10-11H2,(H,20,22). The summed E-state index contributed by atoms with van der Waals surface area (Å²) in [5.74, 6) is 0.0548. The highest BCUT2D eigenvalue weighted by atomic mass is 35.5. The first kappa shape index (κ1) is 17.6. The zero-order valence-corrected chi connectivity index (χ0v) is 13.8. The van der Waals surface area contributed by atoms with Crippen molar-refractivity contribution in [3.63, 3.8) is 0 Å². The van der Waals surface area contributed by atoms with Gasteiger partial charge in [0.25, 0.3) is 5.91 Å². The summed E-state index contributed by atoms with van der Waals surface area (Å²) in [6.07, 6.45) is -0.175. The van der Waals surface area contributed by atoms with Crippen LogP contribution in [0.5, 0.6) is 5.75 Å². The van der Waals surface area contributed by atoms with E-state index in [2.05, 4.69) is 5.32 Å². The van der Waals surface area contributed by atoms with E-state index in [0.29, 0.717) is 22.2 Å². The number of nitrogens with one attached hydrogen (secondary N) is 1. The van der Waals surface area contributed by atoms with Crippen LogP contribution in [0.25, 0.3) is 0 Å². The fraction of sp³-hybridized carbons (Fsp3) is 0.235. The van der Waals surface area contributed by atoms with Crippen LogP contribution in [0.3, 0.4) is 0 Å². The van der Waals surface area contributed by atoms with Gasteiger partial charge in [0.1, 0.15) is 5.75 Å². The van der Waals surface area contributed by atoms with Crippen LogP contribution in [0.2, 0.25) is 10.0 Å². The molecule has 0 aromatic heterocycles. The minimum atomic E-state index is -0.652. The molecule has 0 saturated carbocycles. The summed E-state index contributed by atoms with van der Waals surface area (Å²) in [6.45, 7) is -0.0230. The van der Waals surface area contributed by atoms with Crippen molar-refractivity contribution in [3.05, 3.63) is 64.1 Å². The number of carbonyl (C=O) groups excluding carboxylic acids is 1. The average molecular weight is 354 g/mol. The third-order valence-corrected chi connectivity index (χ3v) is 3.63. The van der Waals surface area contributed by atoms with Crippen LogP contribution in [-0.2, 0) is 11.2 Å². The van der Waals surface area contributed by atoms with E-state index in [-0.39, 0.29) is 19.1 Å². The molecule has 1 amide bonds. The largest absolute Gasteiger partial charge is 0.482 e. The maximum absolute atomic E-state index is 11.7. The number of ether oxygens (including phenoxy) is 1. The Morgan fingerprint density at radius 3 is 2.61 bits per heavy atom. The molecule has 23 heavy (non-hydrogen) atoms. The van der Waals surface area contributed by atoms with Crippen molar-refractivity contribution >= 4 is 29.1 Å². The van der Waals surface area contributed by atoms with Crippen molar-refractivity contribution in [1.82, 2.24) is 5.32 Å². The van der Waals surface area contributed by atoms with Gasteiger partial charge in [-0.1, -0.05) is 53.5 Å². The molecule has 0 radical (unpaired) electrons. The molecule has 0 aliphatic rings. The van der Waals surface area contributed by atoms with Crippen LogP contribution < -0.4 is 10.1 Å². The van der Waals surface area contributed by atoms with Crippen LogP contribution in [0.4, 0.5) is 0 Å². The number of hydrogen-bond acceptors (Lipinski definition) is 3. The first-order valence-electron chi connectivity index (χ1n) is 7.11. The molecule has 1 atom stereocenters. The summed E-state index contributed by atoms with van der Waals surface area (Å²) < 4.78 is 5.32. The summed E-state index contributed by atoms with van der Waals surface area (Å²) in [5, 5.41) is 13.4. The molecular formula is C17H17Cl2NO3. The highest BCUT2D eigenvalue weighted by molar-refractivity contribution is 6.35. The van der Waals surface area contributed by atoms with Gasteiger partial charge in [0, 0.05) is 18.0 Å². The average Bonchev–Trinajstić information content (AvgIpc) is 2.53. The molecule has 0 bridgehead atoms. The predicted molar refractivity (Wildman–Crippen MR) is 91.1 cm³/mol. The molecule has 6 heteroatoms. The quantitative estimate of drug-likeness (QED) is 0.803. The zero-order chi connectivity index (χ0) is 16.7.